The van der Waals surface area contributed by atoms with E-state index in [1.54, 1.807) is 18.0 Å². The topological polar surface area (TPSA) is 31.4 Å². The Morgan fingerprint density at radius 2 is 1.90 bits per heavy atom. The number of aromatic nitrogens is 1. The van der Waals surface area contributed by atoms with Gasteiger partial charge in [-0.1, -0.05) is 44.2 Å². The molecule has 0 aliphatic heterocycles. The molecule has 1 aromatic carbocycles. The second kappa shape index (κ2) is 8.57. The molecule has 0 bridgehead atoms. The summed E-state index contributed by atoms with van der Waals surface area (Å²) in [5.74, 6) is 2.47. The summed E-state index contributed by atoms with van der Waals surface area (Å²) in [5.41, 5.74) is 1.15. The Labute approximate surface area is 130 Å². The summed E-state index contributed by atoms with van der Waals surface area (Å²) in [5, 5.41) is 0. The van der Waals surface area contributed by atoms with E-state index in [2.05, 4.69) is 31.0 Å². The fourth-order valence-corrected chi connectivity index (χ4v) is 2.55. The van der Waals surface area contributed by atoms with Gasteiger partial charge in [-0.15, -0.1) is 11.8 Å². The zero-order valence-electron chi connectivity index (χ0n) is 12.5. The molecule has 112 valence electrons. The molecular formula is C17H21NO2S. The number of rotatable bonds is 8. The third-order valence-electron chi connectivity index (χ3n) is 2.80. The number of ether oxygens (including phenoxy) is 2. The van der Waals surface area contributed by atoms with E-state index in [0.717, 1.165) is 28.4 Å². The molecule has 1 aromatic heterocycles. The molecule has 0 amide bonds. The van der Waals surface area contributed by atoms with Crippen LogP contribution in [0.15, 0.2) is 47.5 Å². The Hall–Kier alpha value is -1.68. The van der Waals surface area contributed by atoms with E-state index in [1.807, 2.05) is 24.3 Å². The summed E-state index contributed by atoms with van der Waals surface area (Å²) >= 11 is 1.74. The smallest absolute Gasteiger partial charge is 0.214 e. The Balaban J connectivity index is 2.06. The predicted molar refractivity (Wildman–Crippen MR) is 87.2 cm³/mol. The highest BCUT2D eigenvalue weighted by molar-refractivity contribution is 7.99. The first-order valence-corrected chi connectivity index (χ1v) is 8.24. The van der Waals surface area contributed by atoms with Gasteiger partial charge in [0.1, 0.15) is 6.61 Å². The maximum atomic E-state index is 5.90. The molecule has 21 heavy (non-hydrogen) atoms. The lowest BCUT2D eigenvalue weighted by atomic mass is 10.2. The molecule has 0 radical (unpaired) electrons. The van der Waals surface area contributed by atoms with Gasteiger partial charge in [-0.05, 0) is 17.7 Å². The second-order valence-corrected chi connectivity index (χ2v) is 5.83. The normalized spacial score (nSPS) is 10.4. The highest BCUT2D eigenvalue weighted by Gasteiger charge is 2.08. The van der Waals surface area contributed by atoms with E-state index in [-0.39, 0.29) is 0 Å². The van der Waals surface area contributed by atoms with E-state index in [9.17, 15) is 0 Å². The Kier molecular flexibility index (Phi) is 6.41. The molecule has 0 saturated heterocycles. The van der Waals surface area contributed by atoms with Crippen LogP contribution in [0.3, 0.4) is 0 Å². The van der Waals surface area contributed by atoms with E-state index in [4.69, 9.17) is 9.47 Å². The lowest BCUT2D eigenvalue weighted by Crippen LogP contribution is -2.00. The molecule has 0 aliphatic rings. The van der Waals surface area contributed by atoms with Gasteiger partial charge in [-0.25, -0.2) is 4.98 Å². The molecule has 0 atom stereocenters. The van der Waals surface area contributed by atoms with Crippen molar-refractivity contribution in [2.24, 2.45) is 0 Å². The molecule has 2 aromatic rings. The zero-order valence-corrected chi connectivity index (χ0v) is 13.4. The van der Waals surface area contributed by atoms with Crippen molar-refractivity contribution < 1.29 is 9.47 Å². The van der Waals surface area contributed by atoms with Gasteiger partial charge in [-0.2, -0.15) is 0 Å². The van der Waals surface area contributed by atoms with E-state index >= 15 is 0 Å². The fraction of sp³-hybridized carbons (Fsp3) is 0.353. The van der Waals surface area contributed by atoms with Crippen LogP contribution >= 0.6 is 11.8 Å². The first kappa shape index (κ1) is 15.7. The van der Waals surface area contributed by atoms with Gasteiger partial charge in [0.25, 0.3) is 0 Å². The molecule has 2 rings (SSSR count). The summed E-state index contributed by atoms with van der Waals surface area (Å²) in [7, 11) is 0. The average molecular weight is 303 g/mol. The summed E-state index contributed by atoms with van der Waals surface area (Å²) < 4.78 is 11.5. The third kappa shape index (κ3) is 4.97. The van der Waals surface area contributed by atoms with E-state index in [1.165, 1.54) is 0 Å². The van der Waals surface area contributed by atoms with Crippen LogP contribution in [-0.4, -0.2) is 17.3 Å². The van der Waals surface area contributed by atoms with Crippen molar-refractivity contribution in [1.29, 1.82) is 0 Å². The van der Waals surface area contributed by atoms with Gasteiger partial charge in [-0.3, -0.25) is 0 Å². The average Bonchev–Trinajstić information content (AvgIpc) is 2.53. The third-order valence-corrected chi connectivity index (χ3v) is 3.72. The van der Waals surface area contributed by atoms with Crippen molar-refractivity contribution in [2.75, 3.05) is 12.4 Å². The lowest BCUT2D eigenvalue weighted by Gasteiger charge is -2.12. The minimum absolute atomic E-state index is 0.551. The van der Waals surface area contributed by atoms with Gasteiger partial charge in [0.2, 0.25) is 5.88 Å². The van der Waals surface area contributed by atoms with E-state index < -0.39 is 0 Å². The van der Waals surface area contributed by atoms with Crippen LogP contribution in [-0.2, 0) is 6.61 Å². The molecule has 1 heterocycles. The molecule has 0 aliphatic carbocycles. The molecule has 0 saturated carbocycles. The van der Waals surface area contributed by atoms with E-state index in [0.29, 0.717) is 19.1 Å². The summed E-state index contributed by atoms with van der Waals surface area (Å²) in [6.07, 6.45) is 2.73. The molecule has 0 N–H and O–H groups in total. The maximum absolute atomic E-state index is 5.90. The van der Waals surface area contributed by atoms with Crippen LogP contribution in [0.4, 0.5) is 0 Å². The van der Waals surface area contributed by atoms with Crippen LogP contribution in [0, 0.1) is 0 Å². The Morgan fingerprint density at radius 3 is 2.62 bits per heavy atom. The minimum atomic E-state index is 0.551. The van der Waals surface area contributed by atoms with Crippen molar-refractivity contribution in [3.05, 3.63) is 48.2 Å². The number of hydrogen-bond acceptors (Lipinski definition) is 4. The van der Waals surface area contributed by atoms with Crippen molar-refractivity contribution in [3.8, 4) is 11.6 Å². The van der Waals surface area contributed by atoms with Gasteiger partial charge >= 0.3 is 0 Å². The summed E-state index contributed by atoms with van der Waals surface area (Å²) in [6, 6.07) is 12.1. The SMILES string of the molecule is CCCOc1cc(SCC)c(OCc2ccccc2)cn1. The van der Waals surface area contributed by atoms with Crippen LogP contribution in [0.5, 0.6) is 11.6 Å². The molecule has 0 spiro atoms. The quantitative estimate of drug-likeness (QED) is 0.669. The van der Waals surface area contributed by atoms with Gasteiger partial charge < -0.3 is 9.47 Å². The fourth-order valence-electron chi connectivity index (χ4n) is 1.80. The standard InChI is InChI=1S/C17H21NO2S/c1-3-10-19-17-11-16(21-4-2)15(12-18-17)20-13-14-8-6-5-7-9-14/h5-9,11-12H,3-4,10,13H2,1-2H3. The zero-order chi connectivity index (χ0) is 14.9. The molecular weight excluding hydrogens is 282 g/mol. The highest BCUT2D eigenvalue weighted by Crippen LogP contribution is 2.31. The van der Waals surface area contributed by atoms with Crippen molar-refractivity contribution in [3.63, 3.8) is 0 Å². The predicted octanol–water partition coefficient (Wildman–Crippen LogP) is 4.56. The number of nitrogens with zero attached hydrogens (tertiary/aromatic N) is 1. The van der Waals surface area contributed by atoms with Crippen LogP contribution < -0.4 is 9.47 Å². The van der Waals surface area contributed by atoms with Gasteiger partial charge in [0.15, 0.2) is 5.75 Å². The summed E-state index contributed by atoms with van der Waals surface area (Å²) in [6.45, 7) is 5.44. The van der Waals surface area contributed by atoms with Crippen molar-refractivity contribution in [2.45, 2.75) is 31.8 Å². The first-order valence-electron chi connectivity index (χ1n) is 7.25. The Morgan fingerprint density at radius 1 is 1.10 bits per heavy atom. The largest absolute Gasteiger partial charge is 0.486 e. The summed E-state index contributed by atoms with van der Waals surface area (Å²) in [4.78, 5) is 5.39. The van der Waals surface area contributed by atoms with Crippen LogP contribution in [0.2, 0.25) is 0 Å². The minimum Gasteiger partial charge on any atom is -0.486 e. The number of pyridine rings is 1. The van der Waals surface area contributed by atoms with Crippen LogP contribution in [0.25, 0.3) is 0 Å². The number of hydrogen-bond donors (Lipinski definition) is 0. The second-order valence-electron chi connectivity index (χ2n) is 4.53. The molecule has 3 nitrogen and oxygen atoms in total. The van der Waals surface area contributed by atoms with Gasteiger partial charge in [0, 0.05) is 6.07 Å². The van der Waals surface area contributed by atoms with Crippen LogP contribution in [0.1, 0.15) is 25.8 Å². The number of benzene rings is 1. The van der Waals surface area contributed by atoms with Crippen molar-refractivity contribution >= 4 is 11.8 Å². The monoisotopic (exact) mass is 303 g/mol. The van der Waals surface area contributed by atoms with Crippen molar-refractivity contribution in [1.82, 2.24) is 4.98 Å². The molecule has 0 unspecified atom stereocenters. The first-order chi connectivity index (χ1) is 10.3. The molecule has 4 heteroatoms. The molecule has 0 fully saturated rings. The van der Waals surface area contributed by atoms with Gasteiger partial charge in [0.05, 0.1) is 17.7 Å². The number of thioether (sulfide) groups is 1. The maximum Gasteiger partial charge on any atom is 0.214 e. The lowest BCUT2D eigenvalue weighted by molar-refractivity contribution is 0.286. The highest BCUT2D eigenvalue weighted by atomic mass is 32.2. The Bertz CT molecular complexity index is 546.